The van der Waals surface area contributed by atoms with Crippen LogP contribution in [-0.2, 0) is 0 Å². The summed E-state index contributed by atoms with van der Waals surface area (Å²) in [6, 6.07) is 5.82. The van der Waals surface area contributed by atoms with Gasteiger partial charge in [0, 0.05) is 10.0 Å². The van der Waals surface area contributed by atoms with E-state index in [1.807, 2.05) is 32.0 Å². The summed E-state index contributed by atoms with van der Waals surface area (Å²) in [5, 5.41) is 3.89. The lowest BCUT2D eigenvalue weighted by molar-refractivity contribution is 0.429. The monoisotopic (exact) mass is 328 g/mol. The predicted octanol–water partition coefficient (Wildman–Crippen LogP) is 4.43. The average molecular weight is 330 g/mol. The quantitative estimate of drug-likeness (QED) is 0.902. The van der Waals surface area contributed by atoms with Crippen molar-refractivity contribution in [1.29, 1.82) is 0 Å². The van der Waals surface area contributed by atoms with Crippen LogP contribution in [0, 0.1) is 0 Å². The highest BCUT2D eigenvalue weighted by Crippen LogP contribution is 2.34. The van der Waals surface area contributed by atoms with Crippen molar-refractivity contribution in [1.82, 2.24) is 10.3 Å². The molecule has 0 aliphatic carbocycles. The molecule has 1 aromatic carbocycles. The SMILES string of the molecule is CCNC(C)c1ncc(-c2cccc(Br)c2Cl)o1. The number of nitrogens with one attached hydrogen (secondary N) is 1. The van der Waals surface area contributed by atoms with Gasteiger partial charge in [0.05, 0.1) is 17.3 Å². The Morgan fingerprint density at radius 3 is 3.00 bits per heavy atom. The summed E-state index contributed by atoms with van der Waals surface area (Å²) < 4.78 is 6.59. The fraction of sp³-hybridized carbons (Fsp3) is 0.308. The van der Waals surface area contributed by atoms with Crippen molar-refractivity contribution in [2.45, 2.75) is 19.9 Å². The van der Waals surface area contributed by atoms with Gasteiger partial charge in [-0.1, -0.05) is 24.6 Å². The van der Waals surface area contributed by atoms with E-state index in [4.69, 9.17) is 16.0 Å². The first-order valence-electron chi connectivity index (χ1n) is 5.77. The fourth-order valence-corrected chi connectivity index (χ4v) is 2.29. The van der Waals surface area contributed by atoms with Gasteiger partial charge < -0.3 is 9.73 Å². The molecule has 0 radical (unpaired) electrons. The maximum Gasteiger partial charge on any atom is 0.211 e. The van der Waals surface area contributed by atoms with Gasteiger partial charge in [0.2, 0.25) is 5.89 Å². The van der Waals surface area contributed by atoms with Crippen molar-refractivity contribution in [3.63, 3.8) is 0 Å². The molecule has 0 spiro atoms. The van der Waals surface area contributed by atoms with E-state index >= 15 is 0 Å². The van der Waals surface area contributed by atoms with E-state index in [-0.39, 0.29) is 6.04 Å². The van der Waals surface area contributed by atoms with Gasteiger partial charge in [-0.15, -0.1) is 0 Å². The lowest BCUT2D eigenvalue weighted by Crippen LogP contribution is -2.17. The zero-order valence-corrected chi connectivity index (χ0v) is 12.5. The van der Waals surface area contributed by atoms with Crippen LogP contribution in [0.4, 0.5) is 0 Å². The molecule has 0 saturated heterocycles. The molecule has 5 heteroatoms. The topological polar surface area (TPSA) is 38.1 Å². The zero-order valence-electron chi connectivity index (χ0n) is 10.2. The number of halogens is 2. The van der Waals surface area contributed by atoms with E-state index in [1.165, 1.54) is 0 Å². The zero-order chi connectivity index (χ0) is 13.1. The molecular weight excluding hydrogens is 316 g/mol. The number of hydrogen-bond donors (Lipinski definition) is 1. The second-order valence-corrected chi connectivity index (χ2v) is 5.18. The third-order valence-corrected chi connectivity index (χ3v) is 3.92. The van der Waals surface area contributed by atoms with Crippen molar-refractivity contribution in [2.24, 2.45) is 0 Å². The average Bonchev–Trinajstić information content (AvgIpc) is 2.82. The van der Waals surface area contributed by atoms with E-state index in [2.05, 4.69) is 26.2 Å². The maximum absolute atomic E-state index is 6.23. The fourth-order valence-electron chi connectivity index (χ4n) is 1.70. The standard InChI is InChI=1S/C13H14BrClN2O/c1-3-16-8(2)13-17-7-11(18-13)9-5-4-6-10(14)12(9)15/h4-8,16H,3H2,1-2H3. The van der Waals surface area contributed by atoms with Crippen LogP contribution in [0.1, 0.15) is 25.8 Å². The van der Waals surface area contributed by atoms with Gasteiger partial charge in [-0.3, -0.25) is 0 Å². The maximum atomic E-state index is 6.23. The molecule has 0 amide bonds. The molecule has 1 heterocycles. The summed E-state index contributed by atoms with van der Waals surface area (Å²) in [4.78, 5) is 4.28. The molecule has 1 atom stereocenters. The van der Waals surface area contributed by atoms with Crippen molar-refractivity contribution < 1.29 is 4.42 Å². The number of rotatable bonds is 4. The summed E-state index contributed by atoms with van der Waals surface area (Å²) in [6.07, 6.45) is 1.71. The van der Waals surface area contributed by atoms with Gasteiger partial charge in [-0.2, -0.15) is 0 Å². The summed E-state index contributed by atoms with van der Waals surface area (Å²) >= 11 is 9.63. The molecule has 1 N–H and O–H groups in total. The Balaban J connectivity index is 2.32. The van der Waals surface area contributed by atoms with Gasteiger partial charge in [0.25, 0.3) is 0 Å². The molecule has 2 rings (SSSR count). The largest absolute Gasteiger partial charge is 0.439 e. The molecule has 0 bridgehead atoms. The Labute approximate surface area is 120 Å². The molecular formula is C13H14BrClN2O. The number of hydrogen-bond acceptors (Lipinski definition) is 3. The highest BCUT2D eigenvalue weighted by Gasteiger charge is 2.14. The van der Waals surface area contributed by atoms with Gasteiger partial charge >= 0.3 is 0 Å². The van der Waals surface area contributed by atoms with E-state index in [1.54, 1.807) is 6.20 Å². The highest BCUT2D eigenvalue weighted by atomic mass is 79.9. The number of aromatic nitrogens is 1. The van der Waals surface area contributed by atoms with Crippen LogP contribution >= 0.6 is 27.5 Å². The Kier molecular flexibility index (Phi) is 4.43. The summed E-state index contributed by atoms with van der Waals surface area (Å²) in [5.74, 6) is 1.35. The van der Waals surface area contributed by atoms with Gasteiger partial charge in [-0.05, 0) is 41.5 Å². The molecule has 0 aliphatic heterocycles. The van der Waals surface area contributed by atoms with Crippen LogP contribution in [0.25, 0.3) is 11.3 Å². The van der Waals surface area contributed by atoms with Gasteiger partial charge in [-0.25, -0.2) is 4.98 Å². The van der Waals surface area contributed by atoms with E-state index in [9.17, 15) is 0 Å². The Bertz CT molecular complexity index is 542. The van der Waals surface area contributed by atoms with Crippen LogP contribution in [0.5, 0.6) is 0 Å². The lowest BCUT2D eigenvalue weighted by Gasteiger charge is -2.07. The van der Waals surface area contributed by atoms with Crippen LogP contribution in [0.2, 0.25) is 5.02 Å². The smallest absolute Gasteiger partial charge is 0.211 e. The lowest BCUT2D eigenvalue weighted by atomic mass is 10.2. The summed E-state index contributed by atoms with van der Waals surface area (Å²) in [5.41, 5.74) is 0.841. The molecule has 18 heavy (non-hydrogen) atoms. The normalized spacial score (nSPS) is 12.7. The molecule has 0 aliphatic rings. The molecule has 96 valence electrons. The predicted molar refractivity (Wildman–Crippen MR) is 76.7 cm³/mol. The van der Waals surface area contributed by atoms with Crippen molar-refractivity contribution in [3.8, 4) is 11.3 Å². The van der Waals surface area contributed by atoms with Gasteiger partial charge in [0.1, 0.15) is 0 Å². The molecule has 0 saturated carbocycles. The number of nitrogens with zero attached hydrogens (tertiary/aromatic N) is 1. The summed E-state index contributed by atoms with van der Waals surface area (Å²) in [7, 11) is 0. The van der Waals surface area contributed by atoms with E-state index < -0.39 is 0 Å². The van der Waals surface area contributed by atoms with Crippen LogP contribution in [0.3, 0.4) is 0 Å². The van der Waals surface area contributed by atoms with Crippen LogP contribution < -0.4 is 5.32 Å². The Hall–Kier alpha value is -0.840. The Morgan fingerprint density at radius 2 is 2.28 bits per heavy atom. The van der Waals surface area contributed by atoms with Crippen LogP contribution in [0.15, 0.2) is 33.3 Å². The first kappa shape index (κ1) is 13.6. The third kappa shape index (κ3) is 2.76. The number of benzene rings is 1. The highest BCUT2D eigenvalue weighted by molar-refractivity contribution is 9.10. The molecule has 1 aromatic heterocycles. The first-order valence-corrected chi connectivity index (χ1v) is 6.94. The van der Waals surface area contributed by atoms with Crippen molar-refractivity contribution in [3.05, 3.63) is 39.8 Å². The second-order valence-electron chi connectivity index (χ2n) is 3.94. The molecule has 3 nitrogen and oxygen atoms in total. The van der Waals surface area contributed by atoms with Crippen molar-refractivity contribution in [2.75, 3.05) is 6.54 Å². The Morgan fingerprint density at radius 1 is 1.50 bits per heavy atom. The number of oxazole rings is 1. The van der Waals surface area contributed by atoms with Gasteiger partial charge in [0.15, 0.2) is 5.76 Å². The van der Waals surface area contributed by atoms with E-state index in [0.29, 0.717) is 16.7 Å². The van der Waals surface area contributed by atoms with E-state index in [0.717, 1.165) is 16.6 Å². The molecule has 2 aromatic rings. The minimum Gasteiger partial charge on any atom is -0.439 e. The summed E-state index contributed by atoms with van der Waals surface area (Å²) in [6.45, 7) is 4.93. The molecule has 0 fully saturated rings. The van der Waals surface area contributed by atoms with Crippen molar-refractivity contribution >= 4 is 27.5 Å². The third-order valence-electron chi connectivity index (χ3n) is 2.62. The minimum absolute atomic E-state index is 0.0923. The molecule has 1 unspecified atom stereocenters. The van der Waals surface area contributed by atoms with Crippen LogP contribution in [-0.4, -0.2) is 11.5 Å². The second kappa shape index (κ2) is 5.87. The minimum atomic E-state index is 0.0923. The first-order chi connectivity index (χ1) is 8.63.